The number of hydrogen-bond acceptors (Lipinski definition) is 23. The first-order valence-electron chi connectivity index (χ1n) is 40.4. The van der Waals surface area contributed by atoms with E-state index in [0.717, 1.165) is 185 Å². The van der Waals surface area contributed by atoms with E-state index in [2.05, 4.69) is 38.2 Å². The van der Waals surface area contributed by atoms with Crippen molar-refractivity contribution < 1.29 is 111 Å². The molecule has 1 saturated heterocycles. The molecule has 1 aliphatic carbocycles. The van der Waals surface area contributed by atoms with Crippen LogP contribution in [0.25, 0.3) is 0 Å². The third-order valence-electron chi connectivity index (χ3n) is 18.4. The fourth-order valence-electron chi connectivity index (χ4n) is 11.4. The van der Waals surface area contributed by atoms with Gasteiger partial charge in [-0.2, -0.15) is 0 Å². The maximum atomic E-state index is 12.2. The number of ether oxygens (including phenoxy) is 10. The van der Waals surface area contributed by atoms with E-state index >= 15 is 0 Å². The van der Waals surface area contributed by atoms with Crippen LogP contribution >= 0.6 is 0 Å². The summed E-state index contributed by atoms with van der Waals surface area (Å²) in [5.74, 6) is -1.72. The molecule has 0 aromatic heterocycles. The Balaban J connectivity index is 0.00000155. The van der Waals surface area contributed by atoms with Gasteiger partial charge in [-0.05, 0) is 136 Å². The lowest BCUT2D eigenvalue weighted by Gasteiger charge is -2.18. The molecule has 0 spiro atoms. The Morgan fingerprint density at radius 1 is 0.362 bits per heavy atom. The second-order valence-corrected chi connectivity index (χ2v) is 28.7. The van der Waals surface area contributed by atoms with E-state index in [4.69, 9.17) is 47.4 Å². The monoisotopic (exact) mass is 1500 g/mol. The number of unbranched alkanes of at least 4 members (excludes halogenated alkanes) is 26. The molecule has 23 heteroatoms. The predicted octanol–water partition coefficient (Wildman–Crippen LogP) is 15.5. The third kappa shape index (κ3) is 67.6. The van der Waals surface area contributed by atoms with Gasteiger partial charge in [0.15, 0.2) is 18.3 Å². The summed E-state index contributed by atoms with van der Waals surface area (Å²) in [4.78, 5) is 106. The first-order valence-corrected chi connectivity index (χ1v) is 40.4. The van der Waals surface area contributed by atoms with Gasteiger partial charge in [0.25, 0.3) is 0 Å². The summed E-state index contributed by atoms with van der Waals surface area (Å²) in [5.41, 5.74) is 0. The van der Waals surface area contributed by atoms with Crippen LogP contribution in [-0.2, 0) is 90.5 Å². The minimum absolute atomic E-state index is 0.0842. The van der Waals surface area contributed by atoms with Gasteiger partial charge in [0.05, 0.1) is 36.6 Å². The summed E-state index contributed by atoms with van der Waals surface area (Å²) in [6, 6.07) is 0. The quantitative estimate of drug-likeness (QED) is 0.0144. The molecule has 2 fully saturated rings. The molecular weight excluding hydrogens is 1350 g/mol. The molecule has 11 unspecified atom stereocenters. The van der Waals surface area contributed by atoms with Crippen LogP contribution in [0.3, 0.4) is 0 Å². The second-order valence-electron chi connectivity index (χ2n) is 28.7. The van der Waals surface area contributed by atoms with Crippen molar-refractivity contribution in [2.45, 2.75) is 393 Å². The highest BCUT2D eigenvalue weighted by Crippen LogP contribution is 2.41. The normalized spacial score (nSPS) is 17.0. The molecule has 1 heterocycles. The Morgan fingerprint density at radius 2 is 0.610 bits per heavy atom. The van der Waals surface area contributed by atoms with E-state index in [0.29, 0.717) is 63.6 Å². The lowest BCUT2D eigenvalue weighted by Crippen LogP contribution is -2.30. The lowest BCUT2D eigenvalue weighted by molar-refractivity contribution is -0.166. The van der Waals surface area contributed by atoms with E-state index in [1.54, 1.807) is 13.8 Å². The van der Waals surface area contributed by atoms with E-state index in [-0.39, 0.29) is 76.4 Å². The first kappa shape index (κ1) is 99.5. The summed E-state index contributed by atoms with van der Waals surface area (Å²) >= 11 is 0. The standard InChI is InChI=1S/C28H48O7.C27H50O10.C27H46O6/c1-21-18-24(21)14-10-6-4-8-12-16-27(30)33-20-25(19-32-23(3)29)35-28(31)17-13-9-5-7-11-15-26-22(2)34-26;1-20(28)24(31)14-10-6-4-8-12-16-26(33)36-19-23(18-35-22(3)30)37-27(34)17-13-9-5-7-11-15-25(32)21(2)29;1-4-6-8-10-12-14-16-18-20-26(29)32-23-25(22-31-24(3)28)33-27(30)21-19-17-15-13-11-9-7-5-2/h21-22,24-26H,4-20H2,1-3H3;20-21,23-25,28-29,31-32H,4-19H2,1-3H3;4-7,25H,8-23H2,1-3H3. The lowest BCUT2D eigenvalue weighted by atomic mass is 10.0. The first-order chi connectivity index (χ1) is 50.4. The minimum atomic E-state index is -0.859. The largest absolute Gasteiger partial charge is 0.462 e. The smallest absolute Gasteiger partial charge is 0.306 e. The van der Waals surface area contributed by atoms with Crippen molar-refractivity contribution in [1.29, 1.82) is 0 Å². The minimum Gasteiger partial charge on any atom is -0.462 e. The van der Waals surface area contributed by atoms with Crippen LogP contribution < -0.4 is 0 Å². The fourth-order valence-corrected chi connectivity index (χ4v) is 11.4. The Labute approximate surface area is 631 Å². The molecule has 0 aromatic carbocycles. The average Bonchev–Trinajstić information content (AvgIpc) is 1.73. The van der Waals surface area contributed by atoms with Gasteiger partial charge in [0.2, 0.25) is 0 Å². The number of aliphatic hydroxyl groups is 4. The van der Waals surface area contributed by atoms with Crippen molar-refractivity contribution in [2.24, 2.45) is 11.8 Å². The number of esters is 9. The summed E-state index contributed by atoms with van der Waals surface area (Å²) < 4.78 is 52.2. The zero-order chi connectivity index (χ0) is 78.1. The van der Waals surface area contributed by atoms with Gasteiger partial charge in [-0.3, -0.25) is 43.2 Å². The molecule has 0 aromatic rings. The van der Waals surface area contributed by atoms with E-state index in [1.165, 1.54) is 59.3 Å². The number of allylic oxidation sites excluding steroid dienone is 4. The van der Waals surface area contributed by atoms with E-state index < -0.39 is 72.6 Å². The third-order valence-corrected chi connectivity index (χ3v) is 18.4. The Hall–Kier alpha value is -5.49. The number of carbonyl (C=O) groups excluding carboxylic acids is 9. The Morgan fingerprint density at radius 3 is 0.876 bits per heavy atom. The molecule has 4 N–H and O–H groups in total. The molecule has 0 bridgehead atoms. The van der Waals surface area contributed by atoms with Crippen LogP contribution in [-0.4, -0.2) is 169 Å². The van der Waals surface area contributed by atoms with Crippen molar-refractivity contribution in [1.82, 2.24) is 0 Å². The number of hydrogen-bond donors (Lipinski definition) is 4. The van der Waals surface area contributed by atoms with Gasteiger partial charge < -0.3 is 67.8 Å². The maximum absolute atomic E-state index is 12.2. The topological polar surface area (TPSA) is 330 Å². The van der Waals surface area contributed by atoms with Crippen LogP contribution in [0.15, 0.2) is 24.3 Å². The van der Waals surface area contributed by atoms with Crippen molar-refractivity contribution in [3.05, 3.63) is 24.3 Å². The van der Waals surface area contributed by atoms with Gasteiger partial charge >= 0.3 is 53.7 Å². The molecule has 2 rings (SSSR count). The summed E-state index contributed by atoms with van der Waals surface area (Å²) in [7, 11) is 0. The molecule has 1 saturated carbocycles. The second kappa shape index (κ2) is 67.8. The van der Waals surface area contributed by atoms with Crippen LogP contribution in [0, 0.1) is 11.8 Å². The van der Waals surface area contributed by atoms with Crippen LogP contribution in [0.1, 0.15) is 338 Å². The maximum Gasteiger partial charge on any atom is 0.306 e. The molecule has 610 valence electrons. The van der Waals surface area contributed by atoms with Crippen LogP contribution in [0.2, 0.25) is 0 Å². The van der Waals surface area contributed by atoms with Gasteiger partial charge in [-0.15, -0.1) is 0 Å². The molecular formula is C82H144O23. The molecule has 0 radical (unpaired) electrons. The zero-order valence-electron chi connectivity index (χ0n) is 66.4. The summed E-state index contributed by atoms with van der Waals surface area (Å²) in [5, 5.41) is 37.6. The highest BCUT2D eigenvalue weighted by molar-refractivity contribution is 5.72. The van der Waals surface area contributed by atoms with Gasteiger partial charge in [-0.25, -0.2) is 0 Å². The fraction of sp³-hybridized carbons (Fsp3) is 0.841. The summed E-state index contributed by atoms with van der Waals surface area (Å²) in [6.45, 7) is 14.7. The van der Waals surface area contributed by atoms with Crippen molar-refractivity contribution in [3.8, 4) is 0 Å². The molecule has 11 atom stereocenters. The molecule has 1 aliphatic heterocycles. The SMILES string of the molecule is CC(=O)OCC(COC(=O)CCCCCCCC(O)C(C)O)OC(=O)CCCCCCCC(O)C(C)O.CC(=O)OCC(COC(=O)CCCCCCCC1CC1C)OC(=O)CCCCCCCC1OC1C.CC=CCCCCCCCC(=O)OCC(COC(C)=O)OC(=O)CCCCCCCC=CC. The highest BCUT2D eigenvalue weighted by Gasteiger charge is 2.33. The predicted molar refractivity (Wildman–Crippen MR) is 403 cm³/mol. The van der Waals surface area contributed by atoms with Gasteiger partial charge in [0.1, 0.15) is 39.6 Å². The Bertz CT molecular complexity index is 2300. The zero-order valence-corrected chi connectivity index (χ0v) is 66.4. The van der Waals surface area contributed by atoms with E-state index in [9.17, 15) is 63.6 Å². The van der Waals surface area contributed by atoms with Crippen molar-refractivity contribution >= 4 is 53.7 Å². The number of rotatable bonds is 65. The summed E-state index contributed by atoms with van der Waals surface area (Å²) in [6.07, 6.45) is 42.3. The van der Waals surface area contributed by atoms with Crippen LogP contribution in [0.4, 0.5) is 0 Å². The van der Waals surface area contributed by atoms with Gasteiger partial charge in [0, 0.05) is 59.3 Å². The van der Waals surface area contributed by atoms with Crippen molar-refractivity contribution in [3.63, 3.8) is 0 Å². The number of carbonyl (C=O) groups is 9. The van der Waals surface area contributed by atoms with Crippen molar-refractivity contribution in [2.75, 3.05) is 39.6 Å². The molecule has 23 nitrogen and oxygen atoms in total. The highest BCUT2D eigenvalue weighted by atomic mass is 16.6. The van der Waals surface area contributed by atoms with E-state index in [1.807, 2.05) is 13.8 Å². The average molecular weight is 1500 g/mol. The molecule has 0 amide bonds. The molecule has 2 aliphatic rings. The molecule has 105 heavy (non-hydrogen) atoms. The van der Waals surface area contributed by atoms with Crippen LogP contribution in [0.5, 0.6) is 0 Å². The number of epoxide rings is 1. The number of aliphatic hydroxyl groups excluding tert-OH is 4. The Kier molecular flexibility index (Phi) is 64.3. The van der Waals surface area contributed by atoms with Gasteiger partial charge in [-0.1, -0.05) is 179 Å².